The lowest BCUT2D eigenvalue weighted by Crippen LogP contribution is -2.52. The molecule has 156 valence electrons. The third kappa shape index (κ3) is 4.51. The lowest BCUT2D eigenvalue weighted by molar-refractivity contribution is -0.187. The molecular weight excluding hydrogens is 393 g/mol. The number of rotatable bonds is 3. The fourth-order valence-corrected chi connectivity index (χ4v) is 5.40. The van der Waals surface area contributed by atoms with E-state index in [0.29, 0.717) is 12.8 Å². The third-order valence-electron chi connectivity index (χ3n) is 5.70. The first-order chi connectivity index (χ1) is 13.1. The molecule has 2 fully saturated rings. The van der Waals surface area contributed by atoms with E-state index < -0.39 is 28.0 Å². The Morgan fingerprint density at radius 1 is 1.04 bits per heavy atom. The highest BCUT2D eigenvalue weighted by atomic mass is 32.2. The number of sulfonamides is 1. The number of alkyl halides is 3. The maximum atomic E-state index is 13.0. The molecule has 2 atom stereocenters. The molecular formula is C19H25F3N2O3S. The third-order valence-corrected chi connectivity index (χ3v) is 7.61. The summed E-state index contributed by atoms with van der Waals surface area (Å²) in [5.41, 5.74) is 0.957. The van der Waals surface area contributed by atoms with Gasteiger partial charge in [-0.1, -0.05) is 24.1 Å². The van der Waals surface area contributed by atoms with Crippen molar-refractivity contribution in [3.8, 4) is 0 Å². The van der Waals surface area contributed by atoms with Gasteiger partial charge in [0.15, 0.2) is 0 Å². The first kappa shape index (κ1) is 21.1. The van der Waals surface area contributed by atoms with Crippen molar-refractivity contribution in [2.75, 3.05) is 26.2 Å². The molecule has 0 spiro atoms. The number of halogens is 3. The Hall–Kier alpha value is -1.61. The van der Waals surface area contributed by atoms with Crippen LogP contribution in [0.3, 0.4) is 0 Å². The van der Waals surface area contributed by atoms with Gasteiger partial charge in [-0.2, -0.15) is 17.5 Å². The molecule has 2 aliphatic rings. The summed E-state index contributed by atoms with van der Waals surface area (Å²) >= 11 is 0. The minimum atomic E-state index is -4.26. The average molecular weight is 418 g/mol. The van der Waals surface area contributed by atoms with Crippen molar-refractivity contribution in [1.82, 2.24) is 9.21 Å². The summed E-state index contributed by atoms with van der Waals surface area (Å²) < 4.78 is 65.8. The zero-order valence-electron chi connectivity index (χ0n) is 15.8. The zero-order valence-corrected chi connectivity index (χ0v) is 16.6. The van der Waals surface area contributed by atoms with E-state index in [0.717, 1.165) is 5.56 Å². The van der Waals surface area contributed by atoms with Crippen LogP contribution in [0.1, 0.15) is 31.2 Å². The molecule has 28 heavy (non-hydrogen) atoms. The minimum Gasteiger partial charge on any atom is -0.340 e. The highest BCUT2D eigenvalue weighted by Crippen LogP contribution is 2.40. The summed E-state index contributed by atoms with van der Waals surface area (Å²) in [5, 5.41) is 0. The number of benzene rings is 1. The van der Waals surface area contributed by atoms with Crippen LogP contribution in [-0.2, 0) is 14.8 Å². The van der Waals surface area contributed by atoms with Gasteiger partial charge in [-0.15, -0.1) is 0 Å². The van der Waals surface area contributed by atoms with Gasteiger partial charge in [0.25, 0.3) is 0 Å². The van der Waals surface area contributed by atoms with Crippen LogP contribution in [0.2, 0.25) is 0 Å². The molecule has 1 aromatic rings. The zero-order chi connectivity index (χ0) is 20.5. The number of piperazine rings is 1. The van der Waals surface area contributed by atoms with Gasteiger partial charge in [0.1, 0.15) is 0 Å². The number of nitrogens with zero attached hydrogens (tertiary/aromatic N) is 2. The molecule has 1 aromatic carbocycles. The van der Waals surface area contributed by atoms with Crippen molar-refractivity contribution in [2.24, 2.45) is 11.8 Å². The van der Waals surface area contributed by atoms with E-state index in [4.69, 9.17) is 0 Å². The summed E-state index contributed by atoms with van der Waals surface area (Å²) in [5.74, 6) is -2.32. The van der Waals surface area contributed by atoms with Crippen molar-refractivity contribution in [1.29, 1.82) is 0 Å². The maximum Gasteiger partial charge on any atom is 0.391 e. The Morgan fingerprint density at radius 3 is 2.21 bits per heavy atom. The first-order valence-electron chi connectivity index (χ1n) is 9.51. The van der Waals surface area contributed by atoms with Crippen molar-refractivity contribution in [3.63, 3.8) is 0 Å². The second kappa shape index (κ2) is 8.02. The normalized spacial score (nSPS) is 24.9. The fourth-order valence-electron chi connectivity index (χ4n) is 3.98. The summed E-state index contributed by atoms with van der Waals surface area (Å²) in [4.78, 5) is 14.4. The Morgan fingerprint density at radius 2 is 1.64 bits per heavy atom. The summed E-state index contributed by atoms with van der Waals surface area (Å²) in [6.07, 6.45) is -3.49. The summed E-state index contributed by atoms with van der Waals surface area (Å²) in [6.45, 7) is 2.58. The Balaban J connectivity index is 1.60. The van der Waals surface area contributed by atoms with E-state index in [1.54, 1.807) is 24.3 Å². The molecule has 3 rings (SSSR count). The van der Waals surface area contributed by atoms with Gasteiger partial charge in [-0.05, 0) is 38.3 Å². The van der Waals surface area contributed by atoms with E-state index in [2.05, 4.69) is 0 Å². The first-order valence-corrected chi connectivity index (χ1v) is 11.0. The van der Waals surface area contributed by atoms with Crippen molar-refractivity contribution in [3.05, 3.63) is 29.8 Å². The van der Waals surface area contributed by atoms with Crippen LogP contribution in [0.5, 0.6) is 0 Å². The maximum absolute atomic E-state index is 13.0. The number of amides is 1. The molecule has 1 aliphatic heterocycles. The molecule has 5 nitrogen and oxygen atoms in total. The number of aryl methyl sites for hydroxylation is 1. The molecule has 2 unspecified atom stereocenters. The standard InChI is InChI=1S/C19H25F3N2O3S/c1-14-5-7-17(8-6-14)28(26,27)24-11-9-23(10-12-24)18(25)15-3-2-4-16(13-15)19(20,21)22/h5-8,15-16H,2-4,9-13H2,1H3. The predicted molar refractivity (Wildman–Crippen MR) is 98.0 cm³/mol. The number of carbonyl (C=O) groups excluding carboxylic acids is 1. The molecule has 1 saturated carbocycles. The largest absolute Gasteiger partial charge is 0.391 e. The smallest absolute Gasteiger partial charge is 0.340 e. The Kier molecular flexibility index (Phi) is 6.05. The van der Waals surface area contributed by atoms with Gasteiger partial charge >= 0.3 is 6.18 Å². The predicted octanol–water partition coefficient (Wildman–Crippen LogP) is 3.20. The van der Waals surface area contributed by atoms with Crippen molar-refractivity contribution < 1.29 is 26.4 Å². The van der Waals surface area contributed by atoms with E-state index in [1.807, 2.05) is 6.92 Å². The van der Waals surface area contributed by atoms with E-state index >= 15 is 0 Å². The summed E-state index contributed by atoms with van der Waals surface area (Å²) in [7, 11) is -3.63. The van der Waals surface area contributed by atoms with Crippen LogP contribution in [0.15, 0.2) is 29.2 Å². The number of hydrogen-bond donors (Lipinski definition) is 0. The molecule has 0 bridgehead atoms. The van der Waals surface area contributed by atoms with Crippen molar-refractivity contribution in [2.45, 2.75) is 43.7 Å². The molecule has 0 radical (unpaired) electrons. The molecule has 9 heteroatoms. The Bertz CT molecular complexity index is 801. The lowest BCUT2D eigenvalue weighted by atomic mass is 9.80. The van der Waals surface area contributed by atoms with Crippen LogP contribution < -0.4 is 0 Å². The molecule has 1 amide bonds. The van der Waals surface area contributed by atoms with Gasteiger partial charge in [0, 0.05) is 32.1 Å². The molecule has 0 aromatic heterocycles. The topological polar surface area (TPSA) is 57.7 Å². The van der Waals surface area contributed by atoms with Gasteiger partial charge in [-0.3, -0.25) is 4.79 Å². The molecule has 1 aliphatic carbocycles. The van der Waals surface area contributed by atoms with Gasteiger partial charge in [0.05, 0.1) is 10.8 Å². The van der Waals surface area contributed by atoms with Crippen LogP contribution >= 0.6 is 0 Å². The number of carbonyl (C=O) groups is 1. The van der Waals surface area contributed by atoms with Crippen molar-refractivity contribution >= 4 is 15.9 Å². The molecule has 1 heterocycles. The fraction of sp³-hybridized carbons (Fsp3) is 0.632. The van der Waals surface area contributed by atoms with Crippen LogP contribution in [-0.4, -0.2) is 55.9 Å². The highest BCUT2D eigenvalue weighted by Gasteiger charge is 2.44. The van der Waals surface area contributed by atoms with E-state index in [-0.39, 0.29) is 49.8 Å². The number of hydrogen-bond acceptors (Lipinski definition) is 3. The average Bonchev–Trinajstić information content (AvgIpc) is 2.67. The van der Waals surface area contributed by atoms with E-state index in [9.17, 15) is 26.4 Å². The SMILES string of the molecule is Cc1ccc(S(=O)(=O)N2CCN(C(=O)C3CCCC(C(F)(F)F)C3)CC2)cc1. The summed E-state index contributed by atoms with van der Waals surface area (Å²) in [6, 6.07) is 6.57. The quantitative estimate of drug-likeness (QED) is 0.758. The highest BCUT2D eigenvalue weighted by molar-refractivity contribution is 7.89. The van der Waals surface area contributed by atoms with Crippen LogP contribution in [0.4, 0.5) is 13.2 Å². The monoisotopic (exact) mass is 418 g/mol. The minimum absolute atomic E-state index is 0.0792. The second-order valence-electron chi connectivity index (χ2n) is 7.64. The van der Waals surface area contributed by atoms with Gasteiger partial charge < -0.3 is 4.90 Å². The van der Waals surface area contributed by atoms with E-state index in [1.165, 1.54) is 9.21 Å². The molecule has 0 N–H and O–H groups in total. The van der Waals surface area contributed by atoms with Gasteiger partial charge in [0.2, 0.25) is 15.9 Å². The second-order valence-corrected chi connectivity index (χ2v) is 9.58. The molecule has 1 saturated heterocycles. The lowest BCUT2D eigenvalue weighted by Gasteiger charge is -2.38. The van der Waals surface area contributed by atoms with Crippen LogP contribution in [0.25, 0.3) is 0 Å². The van der Waals surface area contributed by atoms with Crippen LogP contribution in [0, 0.1) is 18.8 Å². The van der Waals surface area contributed by atoms with Gasteiger partial charge in [-0.25, -0.2) is 8.42 Å². The Labute approximate surface area is 163 Å².